The first kappa shape index (κ1) is 15.5. The van der Waals surface area contributed by atoms with E-state index in [1.165, 1.54) is 0 Å². The normalized spacial score (nSPS) is 12.2. The number of nitrogen functional groups attached to an aromatic ring is 1. The molecule has 0 saturated carbocycles. The Hall–Kier alpha value is -1.88. The average Bonchev–Trinajstić information content (AvgIpc) is 2.86. The highest BCUT2D eigenvalue weighted by atomic mass is 32.1. The quantitative estimate of drug-likeness (QED) is 0.880. The first-order valence-corrected chi connectivity index (χ1v) is 7.84. The number of aromatic nitrogens is 1. The number of hydrogen-bond donors (Lipinski definition) is 1. The van der Waals surface area contributed by atoms with Crippen LogP contribution in [0.2, 0.25) is 0 Å². The van der Waals surface area contributed by atoms with Crippen LogP contribution < -0.4 is 5.73 Å². The second-order valence-corrected chi connectivity index (χ2v) is 6.24. The maximum Gasteiger partial charge on any atom is 0.254 e. The van der Waals surface area contributed by atoms with Gasteiger partial charge in [0.05, 0.1) is 16.7 Å². The van der Waals surface area contributed by atoms with Crippen LogP contribution in [-0.4, -0.2) is 22.8 Å². The van der Waals surface area contributed by atoms with Crippen LogP contribution in [0.3, 0.4) is 0 Å². The highest BCUT2D eigenvalue weighted by molar-refractivity contribution is 7.11. The SMILES string of the molecule is CCc1nc(C)c(C(C)N(C)C(=O)c2cccc(N)c2)s1. The topological polar surface area (TPSA) is 59.2 Å². The van der Waals surface area contributed by atoms with Crippen LogP contribution in [0, 0.1) is 6.92 Å². The van der Waals surface area contributed by atoms with E-state index in [2.05, 4.69) is 11.9 Å². The molecule has 1 aromatic heterocycles. The molecule has 0 aliphatic rings. The van der Waals surface area contributed by atoms with E-state index >= 15 is 0 Å². The van der Waals surface area contributed by atoms with E-state index in [-0.39, 0.29) is 11.9 Å². The lowest BCUT2D eigenvalue weighted by Crippen LogP contribution is -2.29. The van der Waals surface area contributed by atoms with Crippen molar-refractivity contribution in [2.45, 2.75) is 33.2 Å². The number of aryl methyl sites for hydroxylation is 2. The van der Waals surface area contributed by atoms with Crippen LogP contribution in [0.1, 0.15) is 45.8 Å². The van der Waals surface area contributed by atoms with Gasteiger partial charge in [-0.25, -0.2) is 4.98 Å². The molecule has 1 unspecified atom stereocenters. The number of hydrogen-bond acceptors (Lipinski definition) is 4. The number of carbonyl (C=O) groups is 1. The van der Waals surface area contributed by atoms with Crippen molar-refractivity contribution in [1.82, 2.24) is 9.88 Å². The maximum absolute atomic E-state index is 12.6. The van der Waals surface area contributed by atoms with Gasteiger partial charge in [-0.15, -0.1) is 11.3 Å². The van der Waals surface area contributed by atoms with E-state index in [9.17, 15) is 4.79 Å². The molecular formula is C16H21N3OS. The minimum atomic E-state index is -0.0272. The lowest BCUT2D eigenvalue weighted by atomic mass is 10.1. The van der Waals surface area contributed by atoms with Gasteiger partial charge in [-0.3, -0.25) is 4.79 Å². The Morgan fingerprint density at radius 2 is 2.19 bits per heavy atom. The zero-order valence-corrected chi connectivity index (χ0v) is 13.7. The van der Waals surface area contributed by atoms with Crippen LogP contribution in [0.15, 0.2) is 24.3 Å². The number of amides is 1. The van der Waals surface area contributed by atoms with E-state index in [0.29, 0.717) is 11.3 Å². The average molecular weight is 303 g/mol. The zero-order chi connectivity index (χ0) is 15.6. The summed E-state index contributed by atoms with van der Waals surface area (Å²) in [5.41, 5.74) is 7.98. The summed E-state index contributed by atoms with van der Waals surface area (Å²) >= 11 is 1.68. The summed E-state index contributed by atoms with van der Waals surface area (Å²) in [5, 5.41) is 1.11. The van der Waals surface area contributed by atoms with Gasteiger partial charge in [0, 0.05) is 23.2 Å². The summed E-state index contributed by atoms with van der Waals surface area (Å²) in [4.78, 5) is 20.0. The third-order valence-electron chi connectivity index (χ3n) is 3.59. The van der Waals surface area contributed by atoms with Gasteiger partial charge in [0.1, 0.15) is 0 Å². The molecule has 4 nitrogen and oxygen atoms in total. The Morgan fingerprint density at radius 1 is 1.48 bits per heavy atom. The van der Waals surface area contributed by atoms with Crippen molar-refractivity contribution < 1.29 is 4.79 Å². The highest BCUT2D eigenvalue weighted by Gasteiger charge is 2.22. The molecule has 0 radical (unpaired) electrons. The lowest BCUT2D eigenvalue weighted by molar-refractivity contribution is 0.0744. The fourth-order valence-electron chi connectivity index (χ4n) is 2.23. The first-order chi connectivity index (χ1) is 9.93. The smallest absolute Gasteiger partial charge is 0.254 e. The molecule has 0 bridgehead atoms. The fourth-order valence-corrected chi connectivity index (χ4v) is 3.33. The summed E-state index contributed by atoms with van der Waals surface area (Å²) in [7, 11) is 1.82. The van der Waals surface area contributed by atoms with Gasteiger partial charge in [0.2, 0.25) is 0 Å². The molecule has 1 amide bonds. The van der Waals surface area contributed by atoms with Crippen molar-refractivity contribution in [3.05, 3.63) is 45.4 Å². The number of nitrogens with two attached hydrogens (primary N) is 1. The van der Waals surface area contributed by atoms with Crippen molar-refractivity contribution in [2.75, 3.05) is 12.8 Å². The molecule has 5 heteroatoms. The molecule has 1 heterocycles. The van der Waals surface area contributed by atoms with Crippen molar-refractivity contribution in [2.24, 2.45) is 0 Å². The first-order valence-electron chi connectivity index (χ1n) is 7.03. The number of nitrogens with zero attached hydrogens (tertiary/aromatic N) is 2. The van der Waals surface area contributed by atoms with Gasteiger partial charge in [-0.05, 0) is 38.5 Å². The fraction of sp³-hybridized carbons (Fsp3) is 0.375. The van der Waals surface area contributed by atoms with Crippen LogP contribution in [0.5, 0.6) is 0 Å². The number of thiazole rings is 1. The van der Waals surface area contributed by atoms with E-state index in [0.717, 1.165) is 22.0 Å². The highest BCUT2D eigenvalue weighted by Crippen LogP contribution is 2.29. The molecule has 112 valence electrons. The molecule has 0 spiro atoms. The molecule has 0 aliphatic heterocycles. The van der Waals surface area contributed by atoms with E-state index in [1.54, 1.807) is 40.5 Å². The molecule has 1 aromatic carbocycles. The Morgan fingerprint density at radius 3 is 2.76 bits per heavy atom. The number of rotatable bonds is 4. The van der Waals surface area contributed by atoms with Gasteiger partial charge in [0.25, 0.3) is 5.91 Å². The monoisotopic (exact) mass is 303 g/mol. The van der Waals surface area contributed by atoms with Crippen LogP contribution in [0.4, 0.5) is 5.69 Å². The Bertz CT molecular complexity index is 651. The van der Waals surface area contributed by atoms with Crippen molar-refractivity contribution in [1.29, 1.82) is 0 Å². The van der Waals surface area contributed by atoms with Crippen LogP contribution in [0.25, 0.3) is 0 Å². The van der Waals surface area contributed by atoms with Crippen LogP contribution in [-0.2, 0) is 6.42 Å². The summed E-state index contributed by atoms with van der Waals surface area (Å²) < 4.78 is 0. The van der Waals surface area contributed by atoms with Crippen molar-refractivity contribution in [3.63, 3.8) is 0 Å². The van der Waals surface area contributed by atoms with E-state index < -0.39 is 0 Å². The summed E-state index contributed by atoms with van der Waals surface area (Å²) in [6.45, 7) is 6.12. The van der Waals surface area contributed by atoms with Gasteiger partial charge in [-0.1, -0.05) is 13.0 Å². The second-order valence-electron chi connectivity index (χ2n) is 5.13. The second kappa shape index (κ2) is 6.26. The van der Waals surface area contributed by atoms with E-state index in [4.69, 9.17) is 5.73 Å². The third-order valence-corrected chi connectivity index (χ3v) is 5.07. The predicted octanol–water partition coefficient (Wildman–Crippen LogP) is 3.43. The third kappa shape index (κ3) is 3.24. The Labute approximate surface area is 129 Å². The van der Waals surface area contributed by atoms with Gasteiger partial charge >= 0.3 is 0 Å². The molecule has 0 saturated heterocycles. The number of carbonyl (C=O) groups excluding carboxylic acids is 1. The summed E-state index contributed by atoms with van der Waals surface area (Å²) in [6.07, 6.45) is 0.922. The largest absolute Gasteiger partial charge is 0.399 e. The molecule has 2 N–H and O–H groups in total. The lowest BCUT2D eigenvalue weighted by Gasteiger charge is -2.24. The minimum absolute atomic E-state index is 0.00303. The van der Waals surface area contributed by atoms with Gasteiger partial charge in [0.15, 0.2) is 0 Å². The molecule has 2 aromatic rings. The molecule has 1 atom stereocenters. The molecule has 0 aliphatic carbocycles. The molecule has 2 rings (SSSR count). The molecule has 0 fully saturated rings. The number of anilines is 1. The van der Waals surface area contributed by atoms with Crippen LogP contribution >= 0.6 is 11.3 Å². The van der Waals surface area contributed by atoms with Gasteiger partial charge < -0.3 is 10.6 Å². The van der Waals surface area contributed by atoms with E-state index in [1.807, 2.05) is 20.9 Å². The minimum Gasteiger partial charge on any atom is -0.399 e. The van der Waals surface area contributed by atoms with Crippen molar-refractivity contribution in [3.8, 4) is 0 Å². The predicted molar refractivity (Wildman–Crippen MR) is 87.6 cm³/mol. The summed E-state index contributed by atoms with van der Waals surface area (Å²) in [5.74, 6) is -0.0272. The maximum atomic E-state index is 12.6. The molecular weight excluding hydrogens is 282 g/mol. The zero-order valence-electron chi connectivity index (χ0n) is 12.9. The van der Waals surface area contributed by atoms with Gasteiger partial charge in [-0.2, -0.15) is 0 Å². The Kier molecular flexibility index (Phi) is 4.63. The summed E-state index contributed by atoms with van der Waals surface area (Å²) in [6, 6.07) is 7.08. The Balaban J connectivity index is 2.24. The standard InChI is InChI=1S/C16H21N3OS/c1-5-14-18-10(2)15(21-14)11(3)19(4)16(20)12-7-6-8-13(17)9-12/h6-9,11H,5,17H2,1-4H3. The molecule has 21 heavy (non-hydrogen) atoms. The number of benzene rings is 1. The van der Waals surface area contributed by atoms with Crippen molar-refractivity contribution >= 4 is 22.9 Å².